The summed E-state index contributed by atoms with van der Waals surface area (Å²) in [6.45, 7) is 0. The third kappa shape index (κ3) is 4.09. The van der Waals surface area contributed by atoms with Crippen molar-refractivity contribution < 1.29 is 14.3 Å². The first-order valence-electron chi connectivity index (χ1n) is 9.05. The molecule has 0 bridgehead atoms. The van der Waals surface area contributed by atoms with E-state index in [9.17, 15) is 4.79 Å². The van der Waals surface area contributed by atoms with Gasteiger partial charge in [-0.25, -0.2) is 9.78 Å². The fourth-order valence-corrected chi connectivity index (χ4v) is 3.54. The Morgan fingerprint density at radius 3 is 2.71 bits per heavy atom. The average molecular weight is 395 g/mol. The SMILES string of the molecule is COc1ccccc1Oc1cnc(NC(=O)N(C)c2cccc(C3CC3)c2)s1. The van der Waals surface area contributed by atoms with E-state index in [0.29, 0.717) is 27.6 Å². The molecule has 0 unspecified atom stereocenters. The van der Waals surface area contributed by atoms with Crippen molar-refractivity contribution in [2.75, 3.05) is 24.4 Å². The van der Waals surface area contributed by atoms with E-state index < -0.39 is 0 Å². The van der Waals surface area contributed by atoms with Gasteiger partial charge in [0.25, 0.3) is 0 Å². The molecule has 1 aliphatic carbocycles. The van der Waals surface area contributed by atoms with E-state index in [0.717, 1.165) is 5.69 Å². The van der Waals surface area contributed by atoms with Crippen LogP contribution in [0.1, 0.15) is 24.3 Å². The summed E-state index contributed by atoms with van der Waals surface area (Å²) in [6.07, 6.45) is 4.04. The predicted molar refractivity (Wildman–Crippen MR) is 111 cm³/mol. The summed E-state index contributed by atoms with van der Waals surface area (Å²) in [5.41, 5.74) is 2.16. The highest BCUT2D eigenvalue weighted by Gasteiger charge is 2.24. The van der Waals surface area contributed by atoms with Crippen LogP contribution in [0.5, 0.6) is 16.6 Å². The Bertz CT molecular complexity index is 984. The van der Waals surface area contributed by atoms with Crippen molar-refractivity contribution in [3.8, 4) is 16.6 Å². The van der Waals surface area contributed by atoms with Crippen LogP contribution < -0.4 is 19.7 Å². The van der Waals surface area contributed by atoms with Gasteiger partial charge in [-0.2, -0.15) is 0 Å². The van der Waals surface area contributed by atoms with Crippen molar-refractivity contribution >= 4 is 28.2 Å². The molecule has 1 aliphatic rings. The number of nitrogens with zero attached hydrogens (tertiary/aromatic N) is 2. The van der Waals surface area contributed by atoms with Gasteiger partial charge in [-0.3, -0.25) is 10.2 Å². The highest BCUT2D eigenvalue weighted by Crippen LogP contribution is 2.41. The second-order valence-corrected chi connectivity index (χ2v) is 7.59. The number of anilines is 2. The fraction of sp³-hybridized carbons (Fsp3) is 0.238. The Labute approximate surface area is 167 Å². The van der Waals surface area contributed by atoms with Gasteiger partial charge in [-0.15, -0.1) is 0 Å². The molecule has 1 fully saturated rings. The van der Waals surface area contributed by atoms with Crippen LogP contribution in [0.4, 0.5) is 15.6 Å². The molecule has 0 aliphatic heterocycles. The van der Waals surface area contributed by atoms with E-state index in [4.69, 9.17) is 9.47 Å². The summed E-state index contributed by atoms with van der Waals surface area (Å²) in [6, 6.07) is 15.3. The smallest absolute Gasteiger partial charge is 0.327 e. The number of amides is 2. The summed E-state index contributed by atoms with van der Waals surface area (Å²) < 4.78 is 11.1. The van der Waals surface area contributed by atoms with Gasteiger partial charge in [0.1, 0.15) is 0 Å². The molecule has 1 heterocycles. The molecule has 3 aromatic rings. The second-order valence-electron chi connectivity index (χ2n) is 6.60. The largest absolute Gasteiger partial charge is 0.493 e. The van der Waals surface area contributed by atoms with Crippen molar-refractivity contribution in [2.45, 2.75) is 18.8 Å². The lowest BCUT2D eigenvalue weighted by molar-refractivity contribution is 0.258. The Hall–Kier alpha value is -3.06. The zero-order valence-corrected chi connectivity index (χ0v) is 16.5. The highest BCUT2D eigenvalue weighted by atomic mass is 32.1. The molecule has 1 aromatic heterocycles. The molecule has 144 valence electrons. The quantitative estimate of drug-likeness (QED) is 0.599. The van der Waals surface area contributed by atoms with Crippen LogP contribution in [0.15, 0.2) is 54.7 Å². The monoisotopic (exact) mass is 395 g/mol. The van der Waals surface area contributed by atoms with Crippen LogP contribution >= 0.6 is 11.3 Å². The number of aromatic nitrogens is 1. The predicted octanol–water partition coefficient (Wildman–Crippen LogP) is 5.49. The molecule has 0 atom stereocenters. The number of benzene rings is 2. The number of carbonyl (C=O) groups is 1. The zero-order chi connectivity index (χ0) is 19.5. The first-order valence-corrected chi connectivity index (χ1v) is 9.87. The van der Waals surface area contributed by atoms with Gasteiger partial charge in [-0.05, 0) is 48.6 Å². The standard InChI is InChI=1S/C21H21N3O3S/c1-24(16-7-5-6-15(12-16)14-10-11-14)21(25)23-20-22-13-19(28-20)27-18-9-4-3-8-17(18)26-2/h3-9,12-14H,10-11H2,1-2H3,(H,22,23,25). The van der Waals surface area contributed by atoms with Gasteiger partial charge in [0, 0.05) is 12.7 Å². The minimum absolute atomic E-state index is 0.244. The molecular formula is C21H21N3O3S. The van der Waals surface area contributed by atoms with Crippen molar-refractivity contribution in [1.29, 1.82) is 0 Å². The van der Waals surface area contributed by atoms with E-state index in [-0.39, 0.29) is 6.03 Å². The highest BCUT2D eigenvalue weighted by molar-refractivity contribution is 7.17. The number of rotatable bonds is 6. The zero-order valence-electron chi connectivity index (χ0n) is 15.7. The van der Waals surface area contributed by atoms with Crippen LogP contribution in [0.3, 0.4) is 0 Å². The van der Waals surface area contributed by atoms with E-state index in [1.165, 1.54) is 29.7 Å². The lowest BCUT2D eigenvalue weighted by Crippen LogP contribution is -2.31. The molecule has 2 aromatic carbocycles. The number of ether oxygens (including phenoxy) is 2. The molecule has 0 saturated heterocycles. The molecule has 1 saturated carbocycles. The third-order valence-electron chi connectivity index (χ3n) is 4.59. The number of hydrogen-bond acceptors (Lipinski definition) is 5. The summed E-state index contributed by atoms with van der Waals surface area (Å²) in [7, 11) is 3.34. The number of thiazole rings is 1. The maximum absolute atomic E-state index is 12.6. The topological polar surface area (TPSA) is 63.7 Å². The van der Waals surface area contributed by atoms with Gasteiger partial charge in [0.15, 0.2) is 16.6 Å². The van der Waals surface area contributed by atoms with Crippen LogP contribution in [0.25, 0.3) is 0 Å². The molecule has 2 amide bonds. The van der Waals surface area contributed by atoms with Crippen LogP contribution in [-0.4, -0.2) is 25.2 Å². The third-order valence-corrected chi connectivity index (χ3v) is 5.38. The van der Waals surface area contributed by atoms with Gasteiger partial charge in [-0.1, -0.05) is 35.6 Å². The number of para-hydroxylation sites is 2. The molecular weight excluding hydrogens is 374 g/mol. The number of urea groups is 1. The lowest BCUT2D eigenvalue weighted by atomic mass is 10.1. The van der Waals surface area contributed by atoms with Gasteiger partial charge < -0.3 is 9.47 Å². The van der Waals surface area contributed by atoms with E-state index >= 15 is 0 Å². The summed E-state index contributed by atoms with van der Waals surface area (Å²) in [5, 5.41) is 3.86. The van der Waals surface area contributed by atoms with Crippen molar-refractivity contribution in [2.24, 2.45) is 0 Å². The molecule has 4 rings (SSSR count). The number of hydrogen-bond donors (Lipinski definition) is 1. The maximum atomic E-state index is 12.6. The number of methoxy groups -OCH3 is 1. The number of nitrogens with one attached hydrogen (secondary N) is 1. The summed E-state index contributed by atoms with van der Waals surface area (Å²) >= 11 is 1.26. The Morgan fingerprint density at radius 1 is 1.18 bits per heavy atom. The second kappa shape index (κ2) is 7.90. The minimum atomic E-state index is -0.244. The Morgan fingerprint density at radius 2 is 1.96 bits per heavy atom. The van der Waals surface area contributed by atoms with E-state index in [1.54, 1.807) is 25.3 Å². The van der Waals surface area contributed by atoms with E-state index in [1.807, 2.05) is 36.4 Å². The van der Waals surface area contributed by atoms with E-state index in [2.05, 4.69) is 22.4 Å². The summed E-state index contributed by atoms with van der Waals surface area (Å²) in [5.74, 6) is 1.88. The average Bonchev–Trinajstić information content (AvgIpc) is 3.49. The van der Waals surface area contributed by atoms with Gasteiger partial charge in [0.05, 0.1) is 13.3 Å². The summed E-state index contributed by atoms with van der Waals surface area (Å²) in [4.78, 5) is 18.4. The van der Waals surface area contributed by atoms with Crippen molar-refractivity contribution in [3.63, 3.8) is 0 Å². The normalized spacial score (nSPS) is 13.1. The van der Waals surface area contributed by atoms with Crippen LogP contribution in [-0.2, 0) is 0 Å². The van der Waals surface area contributed by atoms with Crippen LogP contribution in [0.2, 0.25) is 0 Å². The van der Waals surface area contributed by atoms with Crippen molar-refractivity contribution in [3.05, 3.63) is 60.3 Å². The Kier molecular flexibility index (Phi) is 5.16. The Balaban J connectivity index is 1.41. The minimum Gasteiger partial charge on any atom is -0.493 e. The fourth-order valence-electron chi connectivity index (χ4n) is 2.87. The lowest BCUT2D eigenvalue weighted by Gasteiger charge is -2.18. The van der Waals surface area contributed by atoms with Gasteiger partial charge >= 0.3 is 6.03 Å². The van der Waals surface area contributed by atoms with Crippen molar-refractivity contribution in [1.82, 2.24) is 4.98 Å². The molecule has 0 radical (unpaired) electrons. The first kappa shape index (κ1) is 18.3. The molecule has 0 spiro atoms. The molecule has 6 nitrogen and oxygen atoms in total. The maximum Gasteiger partial charge on any atom is 0.327 e. The molecule has 28 heavy (non-hydrogen) atoms. The van der Waals surface area contributed by atoms with Gasteiger partial charge in [0.2, 0.25) is 5.06 Å². The van der Waals surface area contributed by atoms with Crippen LogP contribution in [0, 0.1) is 0 Å². The molecule has 1 N–H and O–H groups in total. The number of carbonyl (C=O) groups excluding carboxylic acids is 1. The first-order chi connectivity index (χ1) is 13.6. The molecule has 7 heteroatoms.